The molecule has 0 aliphatic carbocycles. The van der Waals surface area contributed by atoms with Crippen molar-refractivity contribution in [3.05, 3.63) is 47.9 Å². The van der Waals surface area contributed by atoms with Gasteiger partial charge in [0.2, 0.25) is 0 Å². The first kappa shape index (κ1) is 18.8. The van der Waals surface area contributed by atoms with E-state index in [1.165, 1.54) is 5.69 Å². The fourth-order valence-electron chi connectivity index (χ4n) is 3.68. The molecule has 2 aromatic heterocycles. The van der Waals surface area contributed by atoms with E-state index in [0.29, 0.717) is 17.1 Å². The number of ether oxygens (including phenoxy) is 1. The highest BCUT2D eigenvalue weighted by Crippen LogP contribution is 2.37. The van der Waals surface area contributed by atoms with Crippen LogP contribution in [0.4, 0.5) is 0 Å². The van der Waals surface area contributed by atoms with Crippen molar-refractivity contribution in [3.8, 4) is 22.9 Å². The fourth-order valence-corrected chi connectivity index (χ4v) is 4.79. The molecule has 1 saturated heterocycles. The molecular weight excluding hydrogens is 368 g/mol. The summed E-state index contributed by atoms with van der Waals surface area (Å²) < 4.78 is 7.69. The predicted molar refractivity (Wildman–Crippen MR) is 113 cm³/mol. The number of nitriles is 1. The Bertz CT molecular complexity index is 984. The number of hydrogen-bond acceptors (Lipinski definition) is 5. The molecule has 0 atom stereocenters. The molecule has 0 radical (unpaired) electrons. The maximum atomic E-state index is 9.37. The molecular formula is C22H24N4OS. The highest BCUT2D eigenvalue weighted by atomic mass is 32.2. The van der Waals surface area contributed by atoms with E-state index < -0.39 is 0 Å². The molecule has 4 rings (SSSR count). The monoisotopic (exact) mass is 392 g/mol. The minimum Gasteiger partial charge on any atom is -0.494 e. The number of benzene rings is 1. The standard InChI is InChI=1S/C22H24N4OS/c1-2-3-10-27-19-6-4-16(5-7-19)20-15-24-22-18(13-23)14-25-26(22)21(20)17-8-11-28-12-9-17/h4-7,14-15,17H,2-3,8-12H2,1H3. The summed E-state index contributed by atoms with van der Waals surface area (Å²) in [5, 5.41) is 13.9. The maximum Gasteiger partial charge on any atom is 0.173 e. The van der Waals surface area contributed by atoms with E-state index in [1.54, 1.807) is 6.20 Å². The van der Waals surface area contributed by atoms with E-state index in [0.717, 1.165) is 60.7 Å². The van der Waals surface area contributed by atoms with Gasteiger partial charge in [0, 0.05) is 17.7 Å². The van der Waals surface area contributed by atoms with Crippen LogP contribution in [-0.4, -0.2) is 32.7 Å². The summed E-state index contributed by atoms with van der Waals surface area (Å²) in [7, 11) is 0. The van der Waals surface area contributed by atoms with Crippen LogP contribution in [0.15, 0.2) is 36.7 Å². The van der Waals surface area contributed by atoms with E-state index in [4.69, 9.17) is 4.74 Å². The van der Waals surface area contributed by atoms with E-state index in [1.807, 2.05) is 34.6 Å². The number of rotatable bonds is 6. The second kappa shape index (κ2) is 8.66. The molecule has 144 valence electrons. The molecule has 1 aliphatic heterocycles. The van der Waals surface area contributed by atoms with Gasteiger partial charge in [0.05, 0.1) is 18.5 Å². The van der Waals surface area contributed by atoms with Gasteiger partial charge >= 0.3 is 0 Å². The van der Waals surface area contributed by atoms with Gasteiger partial charge in [-0.1, -0.05) is 25.5 Å². The number of unbranched alkanes of at least 4 members (excludes halogenated alkanes) is 1. The Labute approximate surface area is 169 Å². The molecule has 1 fully saturated rings. The Hall–Kier alpha value is -2.52. The van der Waals surface area contributed by atoms with Crippen molar-refractivity contribution in [1.82, 2.24) is 14.6 Å². The van der Waals surface area contributed by atoms with Crippen LogP contribution in [0.1, 0.15) is 49.8 Å². The van der Waals surface area contributed by atoms with Crippen molar-refractivity contribution in [1.29, 1.82) is 5.26 Å². The summed E-state index contributed by atoms with van der Waals surface area (Å²) >= 11 is 2.01. The molecule has 0 spiro atoms. The lowest BCUT2D eigenvalue weighted by molar-refractivity contribution is 0.309. The lowest BCUT2D eigenvalue weighted by atomic mass is 9.92. The van der Waals surface area contributed by atoms with E-state index in [9.17, 15) is 5.26 Å². The number of thioether (sulfide) groups is 1. The Morgan fingerprint density at radius 3 is 2.71 bits per heavy atom. The first-order chi connectivity index (χ1) is 13.8. The average molecular weight is 393 g/mol. The molecule has 6 heteroatoms. The van der Waals surface area contributed by atoms with Crippen molar-refractivity contribution < 1.29 is 4.74 Å². The normalized spacial score (nSPS) is 14.9. The van der Waals surface area contributed by atoms with Crippen LogP contribution in [0.2, 0.25) is 0 Å². The second-order valence-electron chi connectivity index (χ2n) is 7.08. The third-order valence-electron chi connectivity index (χ3n) is 5.22. The smallest absolute Gasteiger partial charge is 0.173 e. The van der Waals surface area contributed by atoms with Crippen LogP contribution in [0.5, 0.6) is 5.75 Å². The van der Waals surface area contributed by atoms with Gasteiger partial charge < -0.3 is 4.74 Å². The summed E-state index contributed by atoms with van der Waals surface area (Å²) in [6.07, 6.45) is 7.96. The van der Waals surface area contributed by atoms with Crippen LogP contribution in [0.3, 0.4) is 0 Å². The zero-order valence-electron chi connectivity index (χ0n) is 16.1. The largest absolute Gasteiger partial charge is 0.494 e. The second-order valence-corrected chi connectivity index (χ2v) is 8.30. The number of aromatic nitrogens is 3. The van der Waals surface area contributed by atoms with Crippen molar-refractivity contribution in [2.24, 2.45) is 0 Å². The maximum absolute atomic E-state index is 9.37. The molecule has 5 nitrogen and oxygen atoms in total. The third kappa shape index (κ3) is 3.72. The lowest BCUT2D eigenvalue weighted by Crippen LogP contribution is -2.14. The van der Waals surface area contributed by atoms with Gasteiger partial charge in [-0.15, -0.1) is 0 Å². The minimum absolute atomic E-state index is 0.425. The molecule has 1 aliphatic rings. The minimum atomic E-state index is 0.425. The summed E-state index contributed by atoms with van der Waals surface area (Å²) in [6, 6.07) is 10.5. The van der Waals surface area contributed by atoms with Crippen LogP contribution < -0.4 is 4.74 Å². The lowest BCUT2D eigenvalue weighted by Gasteiger charge is -2.24. The van der Waals surface area contributed by atoms with Crippen molar-refractivity contribution in [2.45, 2.75) is 38.5 Å². The Morgan fingerprint density at radius 2 is 2.00 bits per heavy atom. The number of fused-ring (bicyclic) bond motifs is 1. The molecule has 3 aromatic rings. The van der Waals surface area contributed by atoms with Crippen molar-refractivity contribution in [2.75, 3.05) is 18.1 Å². The Kier molecular flexibility index (Phi) is 5.82. The van der Waals surface area contributed by atoms with Crippen LogP contribution in [0.25, 0.3) is 16.8 Å². The van der Waals surface area contributed by atoms with E-state index in [-0.39, 0.29) is 0 Å². The van der Waals surface area contributed by atoms with E-state index in [2.05, 4.69) is 35.2 Å². The van der Waals surface area contributed by atoms with Gasteiger partial charge in [-0.25, -0.2) is 9.50 Å². The summed E-state index contributed by atoms with van der Waals surface area (Å²) in [6.45, 7) is 2.91. The first-order valence-electron chi connectivity index (χ1n) is 9.89. The molecule has 0 unspecified atom stereocenters. The summed E-state index contributed by atoms with van der Waals surface area (Å²) in [4.78, 5) is 4.57. The average Bonchev–Trinajstić information content (AvgIpc) is 3.17. The topological polar surface area (TPSA) is 63.2 Å². The van der Waals surface area contributed by atoms with Gasteiger partial charge in [-0.3, -0.25) is 0 Å². The molecule has 1 aromatic carbocycles. The highest BCUT2D eigenvalue weighted by molar-refractivity contribution is 7.99. The summed E-state index contributed by atoms with van der Waals surface area (Å²) in [5.74, 6) is 3.64. The quantitative estimate of drug-likeness (QED) is 0.549. The zero-order valence-corrected chi connectivity index (χ0v) is 16.9. The van der Waals surface area contributed by atoms with Crippen LogP contribution in [0, 0.1) is 11.3 Å². The number of nitrogens with zero attached hydrogens (tertiary/aromatic N) is 4. The van der Waals surface area contributed by atoms with Gasteiger partial charge in [-0.05, 0) is 48.5 Å². The van der Waals surface area contributed by atoms with Gasteiger partial charge in [0.15, 0.2) is 5.65 Å². The molecule has 0 bridgehead atoms. The Morgan fingerprint density at radius 1 is 1.21 bits per heavy atom. The molecule has 0 N–H and O–H groups in total. The molecule has 3 heterocycles. The van der Waals surface area contributed by atoms with Gasteiger partial charge in [-0.2, -0.15) is 22.1 Å². The predicted octanol–water partition coefficient (Wildman–Crippen LogP) is 5.06. The fraction of sp³-hybridized carbons (Fsp3) is 0.409. The van der Waals surface area contributed by atoms with Crippen molar-refractivity contribution in [3.63, 3.8) is 0 Å². The van der Waals surface area contributed by atoms with Crippen LogP contribution >= 0.6 is 11.8 Å². The highest BCUT2D eigenvalue weighted by Gasteiger charge is 2.24. The summed E-state index contributed by atoms with van der Waals surface area (Å²) in [5.41, 5.74) is 4.56. The van der Waals surface area contributed by atoms with Gasteiger partial charge in [0.1, 0.15) is 17.4 Å². The SMILES string of the molecule is CCCCOc1ccc(-c2cnc3c(C#N)cnn3c2C2CCSCC2)cc1. The molecule has 0 amide bonds. The number of hydrogen-bond donors (Lipinski definition) is 0. The van der Waals surface area contributed by atoms with Gasteiger partial charge in [0.25, 0.3) is 0 Å². The molecule has 0 saturated carbocycles. The first-order valence-corrected chi connectivity index (χ1v) is 11.0. The third-order valence-corrected chi connectivity index (χ3v) is 6.27. The zero-order chi connectivity index (χ0) is 19.3. The Balaban J connectivity index is 1.74. The van der Waals surface area contributed by atoms with Crippen molar-refractivity contribution >= 4 is 17.4 Å². The van der Waals surface area contributed by atoms with E-state index >= 15 is 0 Å². The van der Waals surface area contributed by atoms with Crippen LogP contribution in [-0.2, 0) is 0 Å². The molecule has 28 heavy (non-hydrogen) atoms.